The van der Waals surface area contributed by atoms with Crippen LogP contribution in [-0.2, 0) is 0 Å². The van der Waals surface area contributed by atoms with Gasteiger partial charge >= 0.3 is 6.03 Å². The summed E-state index contributed by atoms with van der Waals surface area (Å²) in [5, 5.41) is 0.591. The van der Waals surface area contributed by atoms with Crippen molar-refractivity contribution >= 4 is 41.2 Å². The number of fused-ring (bicyclic) bond motifs is 2. The van der Waals surface area contributed by atoms with Gasteiger partial charge in [-0.2, -0.15) is 0 Å². The number of rotatable bonds is 0. The highest BCUT2D eigenvalue weighted by Crippen LogP contribution is 2.38. The molecule has 4 heteroatoms. The minimum absolute atomic E-state index is 0.528. The Bertz CT molecular complexity index is 694. The Kier molecular flexibility index (Phi) is 2.76. The number of anilines is 2. The van der Waals surface area contributed by atoms with Gasteiger partial charge in [0.05, 0.1) is 11.4 Å². The first-order valence-electron chi connectivity index (χ1n) is 5.83. The molecular formula is C15H11ClN2O. The minimum atomic E-state index is -0.528. The number of amides is 2. The number of hydrogen-bond donors (Lipinski definition) is 1. The first-order chi connectivity index (χ1) is 9.18. The maximum absolute atomic E-state index is 11.8. The second-order valence-corrected chi connectivity index (χ2v) is 4.65. The number of carbonyl (C=O) groups excluding carboxylic acids is 1. The number of carbonyl (C=O) groups is 1. The van der Waals surface area contributed by atoms with Crippen LogP contribution in [-0.4, -0.2) is 6.03 Å². The van der Waals surface area contributed by atoms with Gasteiger partial charge in [-0.05, 0) is 23.8 Å². The third-order valence-electron chi connectivity index (χ3n) is 3.10. The first kappa shape index (κ1) is 11.8. The molecular weight excluding hydrogens is 260 g/mol. The molecule has 0 spiro atoms. The summed E-state index contributed by atoms with van der Waals surface area (Å²) in [6.07, 6.45) is 3.84. The molecule has 19 heavy (non-hydrogen) atoms. The SMILES string of the molecule is NC(=O)N1c2ccccc2C=Cc2c(Cl)cccc21. The van der Waals surface area contributed by atoms with Crippen molar-refractivity contribution in [3.8, 4) is 0 Å². The zero-order valence-electron chi connectivity index (χ0n) is 10.0. The van der Waals surface area contributed by atoms with Crippen molar-refractivity contribution in [2.75, 3.05) is 4.90 Å². The Balaban J connectivity index is 2.33. The molecule has 0 unspecified atom stereocenters. The van der Waals surface area contributed by atoms with E-state index >= 15 is 0 Å². The highest BCUT2D eigenvalue weighted by atomic mass is 35.5. The lowest BCUT2D eigenvalue weighted by molar-refractivity contribution is 0.256. The largest absolute Gasteiger partial charge is 0.351 e. The van der Waals surface area contributed by atoms with Gasteiger partial charge in [0.15, 0.2) is 0 Å². The molecule has 1 aliphatic rings. The van der Waals surface area contributed by atoms with Crippen molar-refractivity contribution in [3.05, 3.63) is 58.6 Å². The van der Waals surface area contributed by atoms with E-state index in [-0.39, 0.29) is 0 Å². The maximum atomic E-state index is 11.8. The van der Waals surface area contributed by atoms with Gasteiger partial charge in [0, 0.05) is 10.6 Å². The monoisotopic (exact) mass is 270 g/mol. The van der Waals surface area contributed by atoms with Crippen LogP contribution in [0.5, 0.6) is 0 Å². The molecule has 1 heterocycles. The summed E-state index contributed by atoms with van der Waals surface area (Å²) in [4.78, 5) is 13.3. The van der Waals surface area contributed by atoms with Crippen molar-refractivity contribution in [1.82, 2.24) is 0 Å². The lowest BCUT2D eigenvalue weighted by Gasteiger charge is -2.23. The summed E-state index contributed by atoms with van der Waals surface area (Å²) >= 11 is 6.20. The van der Waals surface area contributed by atoms with Gasteiger partial charge in [-0.25, -0.2) is 4.79 Å². The van der Waals surface area contributed by atoms with Crippen LogP contribution in [0.3, 0.4) is 0 Å². The molecule has 0 bridgehead atoms. The standard InChI is InChI=1S/C15H11ClN2O/c16-12-5-3-7-14-11(12)9-8-10-4-1-2-6-13(10)18(14)15(17)19/h1-9H,(H2,17,19). The lowest BCUT2D eigenvalue weighted by Crippen LogP contribution is -2.32. The van der Waals surface area contributed by atoms with E-state index in [4.69, 9.17) is 17.3 Å². The van der Waals surface area contributed by atoms with Crippen molar-refractivity contribution in [3.63, 3.8) is 0 Å². The highest BCUT2D eigenvalue weighted by Gasteiger charge is 2.22. The van der Waals surface area contributed by atoms with Crippen molar-refractivity contribution in [1.29, 1.82) is 0 Å². The number of nitrogens with two attached hydrogens (primary N) is 1. The fourth-order valence-electron chi connectivity index (χ4n) is 2.26. The molecule has 0 atom stereocenters. The van der Waals surface area contributed by atoms with Crippen LogP contribution in [0.15, 0.2) is 42.5 Å². The summed E-state index contributed by atoms with van der Waals surface area (Å²) in [7, 11) is 0. The molecule has 2 N–H and O–H groups in total. The van der Waals surface area contributed by atoms with Gasteiger partial charge in [0.2, 0.25) is 0 Å². The molecule has 0 aliphatic carbocycles. The second kappa shape index (κ2) is 4.44. The van der Waals surface area contributed by atoms with Crippen LogP contribution in [0.25, 0.3) is 12.2 Å². The Hall–Kier alpha value is -2.26. The molecule has 1 aliphatic heterocycles. The predicted molar refractivity (Wildman–Crippen MR) is 78.5 cm³/mol. The summed E-state index contributed by atoms with van der Waals surface area (Å²) in [5.74, 6) is 0. The van der Waals surface area contributed by atoms with Crippen LogP contribution in [0.2, 0.25) is 5.02 Å². The van der Waals surface area contributed by atoms with Crippen molar-refractivity contribution in [2.24, 2.45) is 5.73 Å². The third kappa shape index (κ3) is 1.88. The molecule has 0 fully saturated rings. The van der Waals surface area contributed by atoms with E-state index in [0.29, 0.717) is 10.7 Å². The smallest absolute Gasteiger partial charge is 0.323 e. The summed E-state index contributed by atoms with van der Waals surface area (Å²) < 4.78 is 0. The quantitative estimate of drug-likeness (QED) is 0.771. The molecule has 2 amide bonds. The molecule has 0 saturated carbocycles. The highest BCUT2D eigenvalue weighted by molar-refractivity contribution is 6.33. The molecule has 3 rings (SSSR count). The molecule has 2 aromatic carbocycles. The third-order valence-corrected chi connectivity index (χ3v) is 3.43. The summed E-state index contributed by atoms with van der Waals surface area (Å²) in [6.45, 7) is 0. The number of urea groups is 1. The summed E-state index contributed by atoms with van der Waals surface area (Å²) in [6, 6.07) is 12.5. The first-order valence-corrected chi connectivity index (χ1v) is 6.21. The topological polar surface area (TPSA) is 46.3 Å². The summed E-state index contributed by atoms with van der Waals surface area (Å²) in [5.41, 5.74) is 8.70. The zero-order valence-corrected chi connectivity index (χ0v) is 10.8. The lowest BCUT2D eigenvalue weighted by atomic mass is 10.1. The molecule has 94 valence electrons. The normalized spacial score (nSPS) is 12.6. The average Bonchev–Trinajstić information content (AvgIpc) is 2.56. The van der Waals surface area contributed by atoms with Crippen LogP contribution in [0.1, 0.15) is 11.1 Å². The molecule has 0 aromatic heterocycles. The number of para-hydroxylation sites is 1. The number of benzene rings is 2. The number of hydrogen-bond acceptors (Lipinski definition) is 1. The number of nitrogens with zero attached hydrogens (tertiary/aromatic N) is 1. The fraction of sp³-hybridized carbons (Fsp3) is 0. The van der Waals surface area contributed by atoms with Crippen molar-refractivity contribution in [2.45, 2.75) is 0 Å². The van der Waals surface area contributed by atoms with Crippen molar-refractivity contribution < 1.29 is 4.79 Å². The van der Waals surface area contributed by atoms with Gasteiger partial charge < -0.3 is 5.73 Å². The minimum Gasteiger partial charge on any atom is -0.351 e. The molecule has 0 saturated heterocycles. The molecule has 0 radical (unpaired) electrons. The Morgan fingerprint density at radius 3 is 2.53 bits per heavy atom. The maximum Gasteiger partial charge on any atom is 0.323 e. The Labute approximate surface area is 115 Å². The Morgan fingerprint density at radius 1 is 1.00 bits per heavy atom. The van der Waals surface area contributed by atoms with Crippen LogP contribution < -0.4 is 10.6 Å². The number of primary amides is 1. The van der Waals surface area contributed by atoms with Crippen LogP contribution in [0.4, 0.5) is 16.2 Å². The van der Waals surface area contributed by atoms with Crippen LogP contribution in [0, 0.1) is 0 Å². The van der Waals surface area contributed by atoms with E-state index in [2.05, 4.69) is 0 Å². The zero-order chi connectivity index (χ0) is 13.4. The molecule has 3 nitrogen and oxygen atoms in total. The van der Waals surface area contributed by atoms with E-state index in [1.165, 1.54) is 4.90 Å². The van der Waals surface area contributed by atoms with Gasteiger partial charge in [0.25, 0.3) is 0 Å². The number of halogens is 1. The Morgan fingerprint density at radius 2 is 1.74 bits per heavy atom. The van der Waals surface area contributed by atoms with Gasteiger partial charge in [-0.15, -0.1) is 0 Å². The second-order valence-electron chi connectivity index (χ2n) is 4.24. The van der Waals surface area contributed by atoms with E-state index < -0.39 is 6.03 Å². The predicted octanol–water partition coefficient (Wildman–Crippen LogP) is 4.04. The van der Waals surface area contributed by atoms with Gasteiger partial charge in [-0.1, -0.05) is 48.0 Å². The van der Waals surface area contributed by atoms with Gasteiger partial charge in [0.1, 0.15) is 0 Å². The van der Waals surface area contributed by atoms with E-state index in [1.54, 1.807) is 12.1 Å². The van der Waals surface area contributed by atoms with E-state index in [1.807, 2.05) is 42.5 Å². The molecule has 2 aromatic rings. The van der Waals surface area contributed by atoms with Gasteiger partial charge in [-0.3, -0.25) is 4.90 Å². The fourth-order valence-corrected chi connectivity index (χ4v) is 2.49. The van der Waals surface area contributed by atoms with E-state index in [9.17, 15) is 4.79 Å². The van der Waals surface area contributed by atoms with Crippen LogP contribution >= 0.6 is 11.6 Å². The average molecular weight is 271 g/mol. The van der Waals surface area contributed by atoms with E-state index in [0.717, 1.165) is 16.8 Å².